The number of hydrogen-bond acceptors (Lipinski definition) is 2. The third-order valence-electron chi connectivity index (χ3n) is 6.14. The van der Waals surface area contributed by atoms with Gasteiger partial charge in [-0.3, -0.25) is 9.79 Å². The monoisotopic (exact) mass is 384 g/mol. The molecule has 1 heterocycles. The molecule has 2 bridgehead atoms. The van der Waals surface area contributed by atoms with E-state index >= 15 is 0 Å². The lowest BCUT2D eigenvalue weighted by molar-refractivity contribution is 0.413. The molecule has 2 atom stereocenters. The maximum atomic E-state index is 11.9. The molecule has 3 heteroatoms. The number of allylic oxidation sites excluding steroid dienone is 3. The fourth-order valence-corrected chi connectivity index (χ4v) is 4.84. The zero-order chi connectivity index (χ0) is 20.4. The van der Waals surface area contributed by atoms with Gasteiger partial charge in [0.05, 0.1) is 0 Å². The molecule has 2 unspecified atom stereocenters. The van der Waals surface area contributed by atoms with Crippen LogP contribution in [0.5, 0.6) is 0 Å². The van der Waals surface area contributed by atoms with Crippen LogP contribution in [-0.4, -0.2) is 11.2 Å². The van der Waals surface area contributed by atoms with E-state index in [9.17, 15) is 4.79 Å². The van der Waals surface area contributed by atoms with Crippen molar-refractivity contribution < 1.29 is 0 Å². The van der Waals surface area contributed by atoms with Crippen molar-refractivity contribution in [2.45, 2.75) is 45.6 Å². The number of nitrogens with zero attached hydrogens (tertiary/aromatic N) is 1. The topological polar surface area (TPSA) is 45.2 Å². The van der Waals surface area contributed by atoms with Gasteiger partial charge in [0.15, 0.2) is 0 Å². The van der Waals surface area contributed by atoms with E-state index in [4.69, 9.17) is 4.99 Å². The average Bonchev–Trinajstić information content (AvgIpc) is 2.71. The van der Waals surface area contributed by atoms with Crippen molar-refractivity contribution >= 4 is 12.3 Å². The summed E-state index contributed by atoms with van der Waals surface area (Å²) in [5.41, 5.74) is 6.89. The van der Waals surface area contributed by atoms with Gasteiger partial charge < -0.3 is 4.98 Å². The molecule has 2 aromatic rings. The number of aromatic amines is 1. The van der Waals surface area contributed by atoms with Gasteiger partial charge in [-0.25, -0.2) is 0 Å². The summed E-state index contributed by atoms with van der Waals surface area (Å²) in [6.45, 7) is 6.45. The van der Waals surface area contributed by atoms with Crippen molar-refractivity contribution in [2.24, 2.45) is 10.9 Å². The number of rotatable bonds is 4. The molecule has 0 fully saturated rings. The quantitative estimate of drug-likeness (QED) is 0.558. The second-order valence-electron chi connectivity index (χ2n) is 8.05. The van der Waals surface area contributed by atoms with Crippen LogP contribution in [-0.2, 0) is 18.4 Å². The second kappa shape index (κ2) is 7.82. The van der Waals surface area contributed by atoms with E-state index in [0.717, 1.165) is 30.5 Å². The molecule has 4 rings (SSSR count). The lowest BCUT2D eigenvalue weighted by atomic mass is 9.63. The van der Waals surface area contributed by atoms with Crippen molar-refractivity contribution in [2.75, 3.05) is 0 Å². The molecule has 2 aliphatic carbocycles. The lowest BCUT2D eigenvalue weighted by Crippen LogP contribution is -2.40. The van der Waals surface area contributed by atoms with Crippen LogP contribution in [0.15, 0.2) is 75.6 Å². The van der Waals surface area contributed by atoms with Crippen molar-refractivity contribution in [1.82, 2.24) is 4.98 Å². The first-order valence-electron chi connectivity index (χ1n) is 10.4. The van der Waals surface area contributed by atoms with Crippen LogP contribution in [0, 0.1) is 5.92 Å². The summed E-state index contributed by atoms with van der Waals surface area (Å²) < 4.78 is 0. The Morgan fingerprint density at radius 1 is 1.21 bits per heavy atom. The van der Waals surface area contributed by atoms with Crippen LogP contribution >= 0.6 is 0 Å². The molecule has 0 saturated carbocycles. The van der Waals surface area contributed by atoms with E-state index in [-0.39, 0.29) is 5.56 Å². The van der Waals surface area contributed by atoms with Gasteiger partial charge >= 0.3 is 0 Å². The first-order valence-corrected chi connectivity index (χ1v) is 10.4. The Bertz CT molecular complexity index is 1080. The fourth-order valence-electron chi connectivity index (χ4n) is 4.84. The normalized spacial score (nSPS) is 24.9. The standard InChI is InChI=1S/C26H28N2O/c1-4-19-8-10-20(11-9-19)7-6-14-27-26-17-18(3)15-21(22(26)5-2)16-24-23(26)12-13-25(29)28-24/h5-15,21H,4,16-17H2,1-3H3,(H,28,29)/b7-6+,22-5+,27-14?. The molecule has 0 spiro atoms. The lowest BCUT2D eigenvalue weighted by Gasteiger charge is -2.45. The molecular weight excluding hydrogens is 356 g/mol. The number of H-pyrrole nitrogens is 1. The number of aromatic nitrogens is 1. The van der Waals surface area contributed by atoms with E-state index in [1.165, 1.54) is 22.3 Å². The summed E-state index contributed by atoms with van der Waals surface area (Å²) in [7, 11) is 0. The molecule has 0 aliphatic heterocycles. The Balaban J connectivity index is 1.72. The minimum absolute atomic E-state index is 0.0407. The van der Waals surface area contributed by atoms with Crippen LogP contribution in [0.3, 0.4) is 0 Å². The third-order valence-corrected chi connectivity index (χ3v) is 6.14. The van der Waals surface area contributed by atoms with Crippen LogP contribution in [0.1, 0.15) is 49.6 Å². The minimum Gasteiger partial charge on any atom is -0.326 e. The number of aliphatic imine (C=N–C) groups is 1. The molecule has 1 N–H and O–H groups in total. The predicted molar refractivity (Wildman–Crippen MR) is 121 cm³/mol. The van der Waals surface area contributed by atoms with Gasteiger partial charge in [-0.15, -0.1) is 0 Å². The Morgan fingerprint density at radius 2 is 2.00 bits per heavy atom. The number of aryl methyl sites for hydroxylation is 1. The number of benzene rings is 1. The van der Waals surface area contributed by atoms with Crippen LogP contribution in [0.25, 0.3) is 6.08 Å². The highest BCUT2D eigenvalue weighted by Crippen LogP contribution is 2.51. The first kappa shape index (κ1) is 19.4. The maximum absolute atomic E-state index is 11.9. The molecule has 1 aromatic carbocycles. The number of fused-ring (bicyclic) bond motifs is 4. The van der Waals surface area contributed by atoms with Crippen LogP contribution in [0.2, 0.25) is 0 Å². The molecule has 29 heavy (non-hydrogen) atoms. The average molecular weight is 385 g/mol. The highest BCUT2D eigenvalue weighted by molar-refractivity contribution is 5.79. The van der Waals surface area contributed by atoms with E-state index in [0.29, 0.717) is 5.92 Å². The Hall–Kier alpha value is -2.94. The highest BCUT2D eigenvalue weighted by atomic mass is 16.1. The highest BCUT2D eigenvalue weighted by Gasteiger charge is 2.46. The number of hydrogen-bond donors (Lipinski definition) is 1. The molecule has 0 amide bonds. The van der Waals surface area contributed by atoms with Gasteiger partial charge in [-0.2, -0.15) is 0 Å². The Morgan fingerprint density at radius 3 is 2.72 bits per heavy atom. The zero-order valence-electron chi connectivity index (χ0n) is 17.4. The maximum Gasteiger partial charge on any atom is 0.248 e. The van der Waals surface area contributed by atoms with Crippen molar-refractivity contribution in [3.8, 4) is 0 Å². The summed E-state index contributed by atoms with van der Waals surface area (Å²) in [6.07, 6.45) is 13.3. The summed E-state index contributed by atoms with van der Waals surface area (Å²) in [4.78, 5) is 20.1. The molecule has 148 valence electrons. The first-order chi connectivity index (χ1) is 14.1. The van der Waals surface area contributed by atoms with E-state index in [1.54, 1.807) is 6.07 Å². The largest absolute Gasteiger partial charge is 0.326 e. The SMILES string of the molecule is C/C=C1\C2C=C(C)CC1(N=C/C=C/c1ccc(CC)cc1)c1ccc(=O)[nH]c1C2. The van der Waals surface area contributed by atoms with Crippen LogP contribution < -0.4 is 5.56 Å². The van der Waals surface area contributed by atoms with Gasteiger partial charge in [0.1, 0.15) is 5.54 Å². The van der Waals surface area contributed by atoms with Gasteiger partial charge in [0, 0.05) is 35.9 Å². The second-order valence-corrected chi connectivity index (χ2v) is 8.05. The summed E-state index contributed by atoms with van der Waals surface area (Å²) >= 11 is 0. The summed E-state index contributed by atoms with van der Waals surface area (Å²) in [5, 5.41) is 0. The van der Waals surface area contributed by atoms with Gasteiger partial charge in [-0.1, -0.05) is 55.0 Å². The van der Waals surface area contributed by atoms with E-state index in [2.05, 4.69) is 68.2 Å². The molecular formula is C26H28N2O. The third kappa shape index (κ3) is 3.57. The fraction of sp³-hybridized carbons (Fsp3) is 0.308. The Labute approximate surface area is 172 Å². The number of nitrogens with one attached hydrogen (secondary N) is 1. The van der Waals surface area contributed by atoms with Crippen molar-refractivity contribution in [3.05, 3.63) is 98.5 Å². The molecule has 1 aromatic heterocycles. The molecule has 0 saturated heterocycles. The van der Waals surface area contributed by atoms with E-state index < -0.39 is 5.54 Å². The van der Waals surface area contributed by atoms with Crippen molar-refractivity contribution in [3.63, 3.8) is 0 Å². The van der Waals surface area contributed by atoms with Gasteiger partial charge in [0.2, 0.25) is 5.56 Å². The van der Waals surface area contributed by atoms with E-state index in [1.807, 2.05) is 18.4 Å². The molecule has 0 radical (unpaired) electrons. The summed E-state index contributed by atoms with van der Waals surface area (Å²) in [6, 6.07) is 12.2. The van der Waals surface area contributed by atoms with Crippen LogP contribution in [0.4, 0.5) is 0 Å². The summed E-state index contributed by atoms with van der Waals surface area (Å²) in [5.74, 6) is 0.294. The predicted octanol–water partition coefficient (Wildman–Crippen LogP) is 5.39. The molecule has 2 aliphatic rings. The van der Waals surface area contributed by atoms with Gasteiger partial charge in [-0.05, 0) is 55.5 Å². The van der Waals surface area contributed by atoms with Crippen molar-refractivity contribution in [1.29, 1.82) is 0 Å². The zero-order valence-corrected chi connectivity index (χ0v) is 17.4. The Kier molecular flexibility index (Phi) is 5.23. The smallest absolute Gasteiger partial charge is 0.248 e. The number of pyridine rings is 1. The minimum atomic E-state index is -0.424. The van der Waals surface area contributed by atoms with Gasteiger partial charge in [0.25, 0.3) is 0 Å². The molecule has 3 nitrogen and oxygen atoms in total.